The second-order valence-electron chi connectivity index (χ2n) is 7.85. The predicted octanol–water partition coefficient (Wildman–Crippen LogP) is 6.03. The van der Waals surface area contributed by atoms with Crippen LogP contribution >= 0.6 is 27.5 Å². The van der Waals surface area contributed by atoms with E-state index in [1.54, 1.807) is 6.07 Å². The highest BCUT2D eigenvalue weighted by Crippen LogP contribution is 2.50. The van der Waals surface area contributed by atoms with E-state index in [2.05, 4.69) is 22.0 Å². The van der Waals surface area contributed by atoms with Crippen LogP contribution in [-0.2, 0) is 6.61 Å². The van der Waals surface area contributed by atoms with E-state index in [1.807, 2.05) is 49.4 Å². The zero-order valence-corrected chi connectivity index (χ0v) is 21.0. The summed E-state index contributed by atoms with van der Waals surface area (Å²) in [5, 5.41) is 10.6. The molecule has 3 aromatic carbocycles. The Morgan fingerprint density at radius 1 is 1.09 bits per heavy atom. The molecular formula is C26H20BrClN2O5. The molecule has 3 aromatic rings. The van der Waals surface area contributed by atoms with E-state index < -0.39 is 5.92 Å². The number of ether oxygens (including phenoxy) is 5. The zero-order chi connectivity index (χ0) is 24.5. The van der Waals surface area contributed by atoms with Crippen molar-refractivity contribution in [3.8, 4) is 34.8 Å². The lowest BCUT2D eigenvalue weighted by molar-refractivity contribution is 0.174. The molecule has 0 spiro atoms. The Morgan fingerprint density at radius 3 is 2.54 bits per heavy atom. The summed E-state index contributed by atoms with van der Waals surface area (Å²) in [5.41, 5.74) is 8.93. The van der Waals surface area contributed by atoms with Gasteiger partial charge in [0.15, 0.2) is 23.0 Å². The third-order valence-electron chi connectivity index (χ3n) is 5.67. The topological polar surface area (TPSA) is 96.0 Å². The van der Waals surface area contributed by atoms with Gasteiger partial charge < -0.3 is 29.4 Å². The summed E-state index contributed by atoms with van der Waals surface area (Å²) in [6.45, 7) is 2.78. The standard InChI is InChI=1S/C26H20BrClN2O5/c1-2-31-23-8-15(7-19(27)25(23)32-12-14-3-5-16(28)6-4-14)24-17-9-21-22(34-13-33-21)10-20(17)35-26(30)18(24)11-29/h3-10,24H,2,12-13,30H2,1H3/t24-/m0/s1. The quantitative estimate of drug-likeness (QED) is 0.397. The molecule has 2 aliphatic rings. The number of nitrogens with zero attached hydrogens (tertiary/aromatic N) is 1. The molecule has 0 amide bonds. The number of hydrogen-bond donors (Lipinski definition) is 1. The maximum atomic E-state index is 9.94. The number of nitriles is 1. The van der Waals surface area contributed by atoms with Crippen molar-refractivity contribution in [1.82, 2.24) is 0 Å². The molecule has 2 heterocycles. The van der Waals surface area contributed by atoms with Crippen molar-refractivity contribution in [2.45, 2.75) is 19.4 Å². The average Bonchev–Trinajstić information content (AvgIpc) is 3.30. The van der Waals surface area contributed by atoms with Gasteiger partial charge >= 0.3 is 0 Å². The first kappa shape index (κ1) is 23.2. The first-order chi connectivity index (χ1) is 17.0. The van der Waals surface area contributed by atoms with Gasteiger partial charge in [-0.15, -0.1) is 0 Å². The van der Waals surface area contributed by atoms with Crippen LogP contribution in [0.25, 0.3) is 0 Å². The third kappa shape index (κ3) is 4.45. The summed E-state index contributed by atoms with van der Waals surface area (Å²) in [5.74, 6) is 2.29. The lowest BCUT2D eigenvalue weighted by Crippen LogP contribution is -2.21. The molecule has 0 fully saturated rings. The number of hydrogen-bond acceptors (Lipinski definition) is 7. The Kier molecular flexibility index (Phi) is 6.37. The van der Waals surface area contributed by atoms with E-state index in [9.17, 15) is 5.26 Å². The van der Waals surface area contributed by atoms with Crippen LogP contribution < -0.4 is 29.4 Å². The molecule has 1 atom stereocenters. The predicted molar refractivity (Wildman–Crippen MR) is 133 cm³/mol. The van der Waals surface area contributed by atoms with Crippen LogP contribution in [0.1, 0.15) is 29.5 Å². The highest BCUT2D eigenvalue weighted by Gasteiger charge is 2.34. The summed E-state index contributed by atoms with van der Waals surface area (Å²) < 4.78 is 29.5. The van der Waals surface area contributed by atoms with Crippen molar-refractivity contribution in [2.75, 3.05) is 13.4 Å². The van der Waals surface area contributed by atoms with E-state index in [0.29, 0.717) is 57.0 Å². The smallest absolute Gasteiger partial charge is 0.231 e. The molecular weight excluding hydrogens is 536 g/mol. The first-order valence-electron chi connectivity index (χ1n) is 10.8. The summed E-state index contributed by atoms with van der Waals surface area (Å²) in [7, 11) is 0. The van der Waals surface area contributed by atoms with Crippen molar-refractivity contribution in [2.24, 2.45) is 5.73 Å². The fourth-order valence-corrected chi connectivity index (χ4v) is 4.78. The molecule has 35 heavy (non-hydrogen) atoms. The fourth-order valence-electron chi connectivity index (χ4n) is 4.08. The molecule has 0 radical (unpaired) electrons. The fraction of sp³-hybridized carbons (Fsp3) is 0.192. The van der Waals surface area contributed by atoms with E-state index in [0.717, 1.165) is 16.7 Å². The third-order valence-corrected chi connectivity index (χ3v) is 6.51. The van der Waals surface area contributed by atoms with Gasteiger partial charge in [-0.25, -0.2) is 0 Å². The first-order valence-corrected chi connectivity index (χ1v) is 12.0. The molecule has 0 unspecified atom stereocenters. The van der Waals surface area contributed by atoms with E-state index in [1.165, 1.54) is 0 Å². The van der Waals surface area contributed by atoms with Gasteiger partial charge in [0.2, 0.25) is 12.7 Å². The molecule has 0 saturated heterocycles. The van der Waals surface area contributed by atoms with Gasteiger partial charge in [-0.2, -0.15) is 5.26 Å². The Labute approximate surface area is 215 Å². The van der Waals surface area contributed by atoms with Gasteiger partial charge in [-0.3, -0.25) is 0 Å². The summed E-state index contributed by atoms with van der Waals surface area (Å²) in [6.07, 6.45) is 0. The molecule has 7 nitrogen and oxygen atoms in total. The largest absolute Gasteiger partial charge is 0.490 e. The minimum Gasteiger partial charge on any atom is -0.490 e. The van der Waals surface area contributed by atoms with Gasteiger partial charge in [-0.05, 0) is 64.3 Å². The van der Waals surface area contributed by atoms with E-state index in [4.69, 9.17) is 41.0 Å². The van der Waals surface area contributed by atoms with Crippen LogP contribution in [0.3, 0.4) is 0 Å². The minimum atomic E-state index is -0.501. The van der Waals surface area contributed by atoms with Crippen molar-refractivity contribution >= 4 is 27.5 Å². The van der Waals surface area contributed by atoms with Crippen LogP contribution in [-0.4, -0.2) is 13.4 Å². The van der Waals surface area contributed by atoms with Crippen LogP contribution in [0, 0.1) is 11.3 Å². The van der Waals surface area contributed by atoms with Crippen LogP contribution in [0.4, 0.5) is 0 Å². The molecule has 0 aliphatic carbocycles. The Hall–Kier alpha value is -3.54. The second kappa shape index (κ2) is 9.61. The summed E-state index contributed by atoms with van der Waals surface area (Å²) in [4.78, 5) is 0. The number of halogens is 2. The van der Waals surface area contributed by atoms with Crippen LogP contribution in [0.15, 0.2) is 64.5 Å². The van der Waals surface area contributed by atoms with Gasteiger partial charge in [0, 0.05) is 16.7 Å². The van der Waals surface area contributed by atoms with E-state index in [-0.39, 0.29) is 12.7 Å². The van der Waals surface area contributed by atoms with Gasteiger partial charge in [-0.1, -0.05) is 23.7 Å². The Balaban J connectivity index is 1.56. The molecule has 5 rings (SSSR count). The van der Waals surface area contributed by atoms with Crippen molar-refractivity contribution in [3.63, 3.8) is 0 Å². The lowest BCUT2D eigenvalue weighted by atomic mass is 9.83. The number of benzene rings is 3. The number of nitrogens with two attached hydrogens (primary N) is 1. The van der Waals surface area contributed by atoms with Crippen molar-refractivity contribution in [3.05, 3.63) is 86.2 Å². The maximum absolute atomic E-state index is 9.94. The minimum absolute atomic E-state index is 0.0426. The van der Waals surface area contributed by atoms with E-state index >= 15 is 0 Å². The molecule has 2 aliphatic heterocycles. The SMILES string of the molecule is CCOc1cc([C@@H]2C(C#N)=C(N)Oc3cc4c(cc32)OCO4)cc(Br)c1OCc1ccc(Cl)cc1. The average molecular weight is 556 g/mol. The Bertz CT molecular complexity index is 1370. The normalized spacial score (nSPS) is 15.8. The highest BCUT2D eigenvalue weighted by molar-refractivity contribution is 9.10. The number of fused-ring (bicyclic) bond motifs is 2. The molecule has 9 heteroatoms. The Morgan fingerprint density at radius 2 is 1.83 bits per heavy atom. The molecule has 0 aromatic heterocycles. The molecule has 178 valence electrons. The summed E-state index contributed by atoms with van der Waals surface area (Å²) >= 11 is 9.62. The molecule has 2 N–H and O–H groups in total. The molecule has 0 bridgehead atoms. The number of allylic oxidation sites excluding steroid dienone is 1. The number of rotatable bonds is 6. The van der Waals surface area contributed by atoms with Gasteiger partial charge in [0.05, 0.1) is 17.0 Å². The van der Waals surface area contributed by atoms with Crippen molar-refractivity contribution < 1.29 is 23.7 Å². The second-order valence-corrected chi connectivity index (χ2v) is 9.14. The summed E-state index contributed by atoms with van der Waals surface area (Å²) in [6, 6.07) is 17.0. The zero-order valence-electron chi connectivity index (χ0n) is 18.6. The van der Waals surface area contributed by atoms with Crippen molar-refractivity contribution in [1.29, 1.82) is 5.26 Å². The van der Waals surface area contributed by atoms with Gasteiger partial charge in [0.25, 0.3) is 0 Å². The maximum Gasteiger partial charge on any atom is 0.231 e. The lowest BCUT2D eigenvalue weighted by Gasteiger charge is -2.27. The van der Waals surface area contributed by atoms with Gasteiger partial charge in [0.1, 0.15) is 24.0 Å². The van der Waals surface area contributed by atoms with Crippen LogP contribution in [0.5, 0.6) is 28.7 Å². The highest BCUT2D eigenvalue weighted by atomic mass is 79.9. The van der Waals surface area contributed by atoms with Crippen LogP contribution in [0.2, 0.25) is 5.02 Å². The monoisotopic (exact) mass is 554 g/mol. The molecule has 0 saturated carbocycles.